The van der Waals surface area contributed by atoms with Gasteiger partial charge in [-0.3, -0.25) is 0 Å². The van der Waals surface area contributed by atoms with Gasteiger partial charge in [0.25, 0.3) is 0 Å². The van der Waals surface area contributed by atoms with Crippen LogP contribution in [-0.4, -0.2) is 30.5 Å². The van der Waals surface area contributed by atoms with Gasteiger partial charge in [0.15, 0.2) is 0 Å². The second-order valence-corrected chi connectivity index (χ2v) is 3.39. The van der Waals surface area contributed by atoms with E-state index in [-0.39, 0.29) is 25.1 Å². The van der Waals surface area contributed by atoms with Crippen LogP contribution in [0.5, 0.6) is 0 Å². The van der Waals surface area contributed by atoms with Crippen molar-refractivity contribution >= 4 is 12.6 Å². The highest BCUT2D eigenvalue weighted by atomic mass is 19.4. The standard InChI is InChI=1S/C10H12BF3O3/c12-10(13,14)8-4-1-2-5-9(8)11(16)17-7-3-6-15/h1-2,4-5,15-16H,3,6-7H2. The van der Waals surface area contributed by atoms with E-state index in [1.165, 1.54) is 12.1 Å². The Morgan fingerprint density at radius 3 is 2.47 bits per heavy atom. The van der Waals surface area contributed by atoms with Gasteiger partial charge in [0.2, 0.25) is 0 Å². The van der Waals surface area contributed by atoms with E-state index in [0.717, 1.165) is 12.1 Å². The fourth-order valence-corrected chi connectivity index (χ4v) is 1.32. The van der Waals surface area contributed by atoms with E-state index >= 15 is 0 Å². The number of rotatable bonds is 5. The third kappa shape index (κ3) is 4.03. The normalized spacial score (nSPS) is 11.6. The fraction of sp³-hybridized carbons (Fsp3) is 0.400. The van der Waals surface area contributed by atoms with Crippen molar-refractivity contribution in [2.24, 2.45) is 0 Å². The zero-order chi connectivity index (χ0) is 12.9. The van der Waals surface area contributed by atoms with Crippen LogP contribution in [0.3, 0.4) is 0 Å². The first-order valence-electron chi connectivity index (χ1n) is 5.03. The number of hydrogen-bond donors (Lipinski definition) is 2. The zero-order valence-corrected chi connectivity index (χ0v) is 8.94. The van der Waals surface area contributed by atoms with E-state index in [9.17, 15) is 18.2 Å². The molecule has 0 amide bonds. The topological polar surface area (TPSA) is 49.7 Å². The molecule has 0 atom stereocenters. The minimum atomic E-state index is -4.53. The molecule has 94 valence electrons. The Labute approximate surface area is 97.0 Å². The number of halogens is 3. The van der Waals surface area contributed by atoms with Gasteiger partial charge in [-0.1, -0.05) is 24.3 Å². The van der Waals surface area contributed by atoms with Gasteiger partial charge in [-0.05, 0) is 11.9 Å². The summed E-state index contributed by atoms with van der Waals surface area (Å²) in [6, 6.07) is 4.68. The van der Waals surface area contributed by atoms with Crippen LogP contribution < -0.4 is 5.46 Å². The van der Waals surface area contributed by atoms with Gasteiger partial charge in [-0.15, -0.1) is 0 Å². The maximum Gasteiger partial charge on any atom is 0.491 e. The first kappa shape index (κ1) is 14.0. The summed E-state index contributed by atoms with van der Waals surface area (Å²) in [5.74, 6) is 0. The second kappa shape index (κ2) is 6.04. The van der Waals surface area contributed by atoms with Crippen LogP contribution in [0.4, 0.5) is 13.2 Å². The highest BCUT2D eigenvalue weighted by molar-refractivity contribution is 6.60. The van der Waals surface area contributed by atoms with E-state index in [2.05, 4.69) is 0 Å². The largest absolute Gasteiger partial charge is 0.491 e. The minimum absolute atomic E-state index is 0.0101. The molecule has 3 nitrogen and oxygen atoms in total. The molecule has 0 radical (unpaired) electrons. The molecule has 0 saturated heterocycles. The number of alkyl halides is 3. The Morgan fingerprint density at radius 1 is 1.24 bits per heavy atom. The van der Waals surface area contributed by atoms with Gasteiger partial charge in [0, 0.05) is 13.2 Å². The van der Waals surface area contributed by atoms with E-state index in [1.807, 2.05) is 0 Å². The molecule has 2 N–H and O–H groups in total. The van der Waals surface area contributed by atoms with Crippen LogP contribution in [0, 0.1) is 0 Å². The molecule has 7 heteroatoms. The molecule has 1 aromatic rings. The van der Waals surface area contributed by atoms with E-state index < -0.39 is 18.9 Å². The zero-order valence-electron chi connectivity index (χ0n) is 8.94. The smallest absolute Gasteiger partial charge is 0.423 e. The predicted octanol–water partition coefficient (Wildman–Crippen LogP) is 0.792. The molecule has 0 unspecified atom stereocenters. The molecule has 0 spiro atoms. The number of aliphatic hydroxyl groups excluding tert-OH is 1. The lowest BCUT2D eigenvalue weighted by molar-refractivity contribution is -0.136. The Morgan fingerprint density at radius 2 is 1.88 bits per heavy atom. The predicted molar refractivity (Wildman–Crippen MR) is 56.7 cm³/mol. The van der Waals surface area contributed by atoms with Crippen molar-refractivity contribution < 1.29 is 28.0 Å². The Hall–Kier alpha value is -1.05. The average Bonchev–Trinajstić information content (AvgIpc) is 2.28. The molecule has 1 aromatic carbocycles. The highest BCUT2D eigenvalue weighted by Crippen LogP contribution is 2.27. The third-order valence-electron chi connectivity index (χ3n) is 2.11. The monoisotopic (exact) mass is 248 g/mol. The first-order chi connectivity index (χ1) is 7.96. The van der Waals surface area contributed by atoms with Gasteiger partial charge < -0.3 is 14.8 Å². The third-order valence-corrected chi connectivity index (χ3v) is 2.11. The van der Waals surface area contributed by atoms with Crippen LogP contribution in [0.15, 0.2) is 24.3 Å². The lowest BCUT2D eigenvalue weighted by Crippen LogP contribution is -2.38. The Bertz CT molecular complexity index is 357. The Balaban J connectivity index is 2.82. The van der Waals surface area contributed by atoms with Gasteiger partial charge >= 0.3 is 13.3 Å². The van der Waals surface area contributed by atoms with Gasteiger partial charge in [-0.2, -0.15) is 13.2 Å². The van der Waals surface area contributed by atoms with Gasteiger partial charge in [0.1, 0.15) is 0 Å². The second-order valence-electron chi connectivity index (χ2n) is 3.39. The molecule has 0 aromatic heterocycles. The molecule has 0 bridgehead atoms. The van der Waals surface area contributed by atoms with Crippen molar-refractivity contribution in [1.29, 1.82) is 0 Å². The lowest BCUT2D eigenvalue weighted by Gasteiger charge is -2.14. The fourth-order valence-electron chi connectivity index (χ4n) is 1.32. The van der Waals surface area contributed by atoms with Crippen molar-refractivity contribution in [3.05, 3.63) is 29.8 Å². The summed E-state index contributed by atoms with van der Waals surface area (Å²) in [5, 5.41) is 18.0. The molecule has 0 aliphatic carbocycles. The molecule has 0 fully saturated rings. The van der Waals surface area contributed by atoms with Crippen LogP contribution in [0.2, 0.25) is 0 Å². The van der Waals surface area contributed by atoms with Crippen molar-refractivity contribution in [1.82, 2.24) is 0 Å². The highest BCUT2D eigenvalue weighted by Gasteiger charge is 2.36. The molecular weight excluding hydrogens is 236 g/mol. The summed E-state index contributed by atoms with van der Waals surface area (Å²) in [4.78, 5) is 0. The molecule has 17 heavy (non-hydrogen) atoms. The summed E-state index contributed by atoms with van der Waals surface area (Å²) in [7, 11) is -1.64. The van der Waals surface area contributed by atoms with E-state index in [1.54, 1.807) is 0 Å². The van der Waals surface area contributed by atoms with Crippen molar-refractivity contribution in [2.45, 2.75) is 12.6 Å². The maximum atomic E-state index is 12.6. The SMILES string of the molecule is OCCCOB(O)c1ccccc1C(F)(F)F. The molecular formula is C10H12BF3O3. The maximum absolute atomic E-state index is 12.6. The minimum Gasteiger partial charge on any atom is -0.423 e. The lowest BCUT2D eigenvalue weighted by atomic mass is 9.76. The molecule has 0 aliphatic heterocycles. The van der Waals surface area contributed by atoms with Gasteiger partial charge in [0.05, 0.1) is 5.56 Å². The van der Waals surface area contributed by atoms with E-state index in [4.69, 9.17) is 9.76 Å². The van der Waals surface area contributed by atoms with Crippen LogP contribution in [0.1, 0.15) is 12.0 Å². The summed E-state index contributed by atoms with van der Waals surface area (Å²) in [6.07, 6.45) is -4.27. The van der Waals surface area contributed by atoms with Crippen LogP contribution in [-0.2, 0) is 10.8 Å². The molecule has 0 heterocycles. The molecule has 1 rings (SSSR count). The quantitative estimate of drug-likeness (QED) is 0.598. The first-order valence-corrected chi connectivity index (χ1v) is 5.03. The molecule has 0 saturated carbocycles. The van der Waals surface area contributed by atoms with E-state index in [0.29, 0.717) is 0 Å². The number of hydrogen-bond acceptors (Lipinski definition) is 3. The van der Waals surface area contributed by atoms with Crippen LogP contribution >= 0.6 is 0 Å². The average molecular weight is 248 g/mol. The summed E-state index contributed by atoms with van der Waals surface area (Å²) in [5.41, 5.74) is -1.24. The molecule has 0 aliphatic rings. The van der Waals surface area contributed by atoms with Gasteiger partial charge in [-0.25, -0.2) is 0 Å². The number of aliphatic hydroxyl groups is 1. The summed E-state index contributed by atoms with van der Waals surface area (Å²) >= 11 is 0. The van der Waals surface area contributed by atoms with Crippen LogP contribution in [0.25, 0.3) is 0 Å². The Kier molecular flexibility index (Phi) is 4.98. The van der Waals surface area contributed by atoms with Crippen molar-refractivity contribution in [2.75, 3.05) is 13.2 Å². The van der Waals surface area contributed by atoms with Crippen molar-refractivity contribution in [3.8, 4) is 0 Å². The summed E-state index contributed by atoms with van der Waals surface area (Å²) < 4.78 is 42.6. The summed E-state index contributed by atoms with van der Waals surface area (Å²) in [6.45, 7) is -0.155. The van der Waals surface area contributed by atoms with Crippen molar-refractivity contribution in [3.63, 3.8) is 0 Å². The number of benzene rings is 1.